The lowest BCUT2D eigenvalue weighted by molar-refractivity contribution is -0.145. The number of nitrogens with zero attached hydrogens (tertiary/aromatic N) is 2. The number of hydrogen-bond donors (Lipinski definition) is 4. The minimum atomic E-state index is -1.64. The van der Waals surface area contributed by atoms with Gasteiger partial charge in [0.05, 0.1) is 10.8 Å². The number of amides is 4. The zero-order valence-corrected chi connectivity index (χ0v) is 26.7. The van der Waals surface area contributed by atoms with Crippen LogP contribution in [0.2, 0.25) is 0 Å². The summed E-state index contributed by atoms with van der Waals surface area (Å²) in [5, 5.41) is 12.5. The van der Waals surface area contributed by atoms with Crippen LogP contribution in [0.5, 0.6) is 0 Å². The van der Waals surface area contributed by atoms with Crippen molar-refractivity contribution < 1.29 is 19.2 Å². The van der Waals surface area contributed by atoms with E-state index in [0.29, 0.717) is 25.9 Å². The maximum atomic E-state index is 14.2. The van der Waals surface area contributed by atoms with E-state index >= 15 is 0 Å². The SMILES string of the molecule is CN1C[C@@]2(Cc3ccccc3)c3ccccc3N[C@]2(NC(=O)C(=O)N[C@]23Nc4ccccc4[C@@]2(Cc2ccccc2)CN(C)C3=O)C1=O. The lowest BCUT2D eigenvalue weighted by Gasteiger charge is -2.40. The maximum absolute atomic E-state index is 14.2. The number of likely N-dealkylation sites (N-methyl/N-ethyl adjacent to an activating group) is 2. The Labute approximate surface area is 278 Å². The standard InChI is InChI=1S/C38H36N6O4/c1-43-23-35(21-25-13-5-3-6-14-25)27-17-9-11-19-29(27)39-37(35,33(43)47)41-31(45)32(46)42-38-34(48)44(2)24-36(38,22-26-15-7-4-8-16-26)28-18-10-12-20-30(28)40-38/h3-20,39-40H,21-24H2,1-2H3,(H,41,45)(H,42,46)/t35-,36+,37-,38-/m0/s1. The molecule has 0 saturated carbocycles. The third-order valence-corrected chi connectivity index (χ3v) is 10.8. The molecule has 10 heteroatoms. The molecule has 4 N–H and O–H groups in total. The zero-order chi connectivity index (χ0) is 33.3. The van der Waals surface area contributed by atoms with Gasteiger partial charge in [-0.05, 0) is 47.2 Å². The van der Waals surface area contributed by atoms with Gasteiger partial charge in [0.25, 0.3) is 11.8 Å². The van der Waals surface area contributed by atoms with Crippen molar-refractivity contribution in [2.24, 2.45) is 0 Å². The van der Waals surface area contributed by atoms with E-state index in [1.54, 1.807) is 23.9 Å². The van der Waals surface area contributed by atoms with Crippen molar-refractivity contribution >= 4 is 35.0 Å². The maximum Gasteiger partial charge on any atom is 0.311 e. The van der Waals surface area contributed by atoms with Crippen LogP contribution in [-0.4, -0.2) is 71.9 Å². The molecule has 4 aromatic rings. The minimum absolute atomic E-state index is 0.316. The number of rotatable bonds is 6. The summed E-state index contributed by atoms with van der Waals surface area (Å²) in [5.41, 5.74) is 0.0440. The zero-order valence-electron chi connectivity index (χ0n) is 26.7. The molecule has 4 aliphatic rings. The van der Waals surface area contributed by atoms with Crippen LogP contribution in [0.1, 0.15) is 22.3 Å². The molecule has 2 saturated heterocycles. The average molecular weight is 641 g/mol. The number of carbonyl (C=O) groups is 4. The van der Waals surface area contributed by atoms with Gasteiger partial charge in [-0.1, -0.05) is 97.1 Å². The Hall–Kier alpha value is -5.64. The summed E-state index contributed by atoms with van der Waals surface area (Å²) in [5.74, 6) is -2.73. The predicted molar refractivity (Wildman–Crippen MR) is 181 cm³/mol. The van der Waals surface area contributed by atoms with Gasteiger partial charge in [0, 0.05) is 38.6 Å². The van der Waals surface area contributed by atoms with Crippen LogP contribution in [0.4, 0.5) is 11.4 Å². The lowest BCUT2D eigenvalue weighted by Crippen LogP contribution is -2.71. The lowest BCUT2D eigenvalue weighted by atomic mass is 9.70. The average Bonchev–Trinajstić information content (AvgIpc) is 3.65. The van der Waals surface area contributed by atoms with Gasteiger partial charge in [-0.25, -0.2) is 0 Å². The second-order valence-electron chi connectivity index (χ2n) is 13.6. The van der Waals surface area contributed by atoms with E-state index in [0.717, 1.165) is 33.6 Å². The molecule has 8 rings (SSSR count). The molecule has 0 bridgehead atoms. The topological polar surface area (TPSA) is 123 Å². The van der Waals surface area contributed by atoms with E-state index in [1.807, 2.05) is 109 Å². The van der Waals surface area contributed by atoms with Gasteiger partial charge in [0.1, 0.15) is 0 Å². The van der Waals surface area contributed by atoms with E-state index in [2.05, 4.69) is 21.3 Å². The first-order chi connectivity index (χ1) is 23.1. The highest BCUT2D eigenvalue weighted by molar-refractivity contribution is 6.37. The van der Waals surface area contributed by atoms with Crippen molar-refractivity contribution in [2.75, 3.05) is 37.8 Å². The second-order valence-corrected chi connectivity index (χ2v) is 13.6. The number of hydrogen-bond acceptors (Lipinski definition) is 6. The van der Waals surface area contributed by atoms with Crippen LogP contribution >= 0.6 is 0 Å². The van der Waals surface area contributed by atoms with Crippen molar-refractivity contribution in [1.82, 2.24) is 20.4 Å². The summed E-state index contributed by atoms with van der Waals surface area (Å²) in [6.45, 7) is 0.633. The molecule has 4 aromatic carbocycles. The molecule has 2 fully saturated rings. The van der Waals surface area contributed by atoms with Crippen molar-refractivity contribution in [3.8, 4) is 0 Å². The summed E-state index contributed by atoms with van der Waals surface area (Å²) in [4.78, 5) is 60.1. The van der Waals surface area contributed by atoms with E-state index in [4.69, 9.17) is 0 Å². The number of likely N-dealkylation sites (tertiary alicyclic amines) is 2. The fourth-order valence-electron chi connectivity index (χ4n) is 8.83. The molecule has 4 aliphatic heterocycles. The molecule has 10 nitrogen and oxygen atoms in total. The van der Waals surface area contributed by atoms with Crippen LogP contribution in [0.25, 0.3) is 0 Å². The smallest absolute Gasteiger partial charge is 0.311 e. The van der Waals surface area contributed by atoms with Crippen molar-refractivity contribution in [3.05, 3.63) is 131 Å². The molecular formula is C38H36N6O4. The van der Waals surface area contributed by atoms with E-state index in [1.165, 1.54) is 0 Å². The third kappa shape index (κ3) is 3.92. The van der Waals surface area contributed by atoms with E-state index in [-0.39, 0.29) is 11.8 Å². The fourth-order valence-corrected chi connectivity index (χ4v) is 8.83. The largest absolute Gasteiger partial charge is 0.354 e. The number of fused-ring (bicyclic) bond motifs is 6. The first-order valence-electron chi connectivity index (χ1n) is 16.1. The highest BCUT2D eigenvalue weighted by atomic mass is 16.2. The van der Waals surface area contributed by atoms with Crippen molar-refractivity contribution in [3.63, 3.8) is 0 Å². The molecule has 242 valence electrons. The Kier molecular flexibility index (Phi) is 6.46. The van der Waals surface area contributed by atoms with Gasteiger partial charge >= 0.3 is 11.8 Å². The highest BCUT2D eigenvalue weighted by Crippen LogP contribution is 2.54. The van der Waals surface area contributed by atoms with Gasteiger partial charge < -0.3 is 31.1 Å². The van der Waals surface area contributed by atoms with Crippen LogP contribution < -0.4 is 21.3 Å². The summed E-state index contributed by atoms with van der Waals surface area (Å²) in [6, 6.07) is 34.9. The minimum Gasteiger partial charge on any atom is -0.354 e. The summed E-state index contributed by atoms with van der Waals surface area (Å²) < 4.78 is 0. The Morgan fingerprint density at radius 3 is 1.33 bits per heavy atom. The predicted octanol–water partition coefficient (Wildman–Crippen LogP) is 2.77. The second kappa shape index (κ2) is 10.4. The Balaban J connectivity index is 1.18. The first-order valence-corrected chi connectivity index (χ1v) is 16.1. The van der Waals surface area contributed by atoms with Crippen LogP contribution in [0.3, 0.4) is 0 Å². The highest BCUT2D eigenvalue weighted by Gasteiger charge is 2.71. The number of carbonyl (C=O) groups excluding carboxylic acids is 4. The third-order valence-electron chi connectivity index (χ3n) is 10.8. The normalized spacial score (nSPS) is 27.8. The van der Waals surface area contributed by atoms with Crippen LogP contribution in [0, 0.1) is 0 Å². The van der Waals surface area contributed by atoms with Gasteiger partial charge in [0.2, 0.25) is 11.3 Å². The molecule has 0 aliphatic carbocycles. The monoisotopic (exact) mass is 640 g/mol. The van der Waals surface area contributed by atoms with E-state index < -0.39 is 34.0 Å². The Morgan fingerprint density at radius 2 is 0.938 bits per heavy atom. The van der Waals surface area contributed by atoms with E-state index in [9.17, 15) is 19.2 Å². The summed E-state index contributed by atoms with van der Waals surface area (Å²) in [6.07, 6.45) is 0.861. The van der Waals surface area contributed by atoms with Crippen LogP contribution in [0.15, 0.2) is 109 Å². The molecule has 4 heterocycles. The molecule has 0 radical (unpaired) electrons. The van der Waals surface area contributed by atoms with Crippen molar-refractivity contribution in [2.45, 2.75) is 35.0 Å². The fraction of sp³-hybridized carbons (Fsp3) is 0.263. The molecule has 4 amide bonds. The number of benzene rings is 4. The molecule has 0 spiro atoms. The molecule has 0 unspecified atom stereocenters. The summed E-state index contributed by atoms with van der Waals surface area (Å²) >= 11 is 0. The van der Waals surface area contributed by atoms with Crippen molar-refractivity contribution in [1.29, 1.82) is 0 Å². The molecule has 48 heavy (non-hydrogen) atoms. The molecule has 4 atom stereocenters. The van der Waals surface area contributed by atoms with Gasteiger partial charge in [-0.15, -0.1) is 0 Å². The number of anilines is 2. The van der Waals surface area contributed by atoms with Gasteiger partial charge in [0.15, 0.2) is 0 Å². The van der Waals surface area contributed by atoms with Gasteiger partial charge in [-0.3, -0.25) is 19.2 Å². The van der Waals surface area contributed by atoms with Crippen LogP contribution in [-0.2, 0) is 42.8 Å². The number of para-hydroxylation sites is 2. The quantitative estimate of drug-likeness (QED) is 0.241. The molecular weight excluding hydrogens is 604 g/mol. The van der Waals surface area contributed by atoms with Gasteiger partial charge in [-0.2, -0.15) is 0 Å². The Bertz CT molecular complexity index is 1840. The molecule has 0 aromatic heterocycles. The Morgan fingerprint density at radius 1 is 0.583 bits per heavy atom. The number of nitrogens with one attached hydrogen (secondary N) is 4. The first kappa shape index (κ1) is 29.7. The summed E-state index contributed by atoms with van der Waals surface area (Å²) in [7, 11) is 3.41.